The first kappa shape index (κ1) is 16.3. The highest BCUT2D eigenvalue weighted by Gasteiger charge is 2.20. The molecule has 0 atom stereocenters. The number of hydrogen-bond donors (Lipinski definition) is 1. The summed E-state index contributed by atoms with van der Waals surface area (Å²) in [6, 6.07) is 5.31. The lowest BCUT2D eigenvalue weighted by atomic mass is 9.83. The molecule has 0 radical (unpaired) electrons. The molecular weight excluding hydrogens is 296 g/mol. The smallest absolute Gasteiger partial charge is 0.387 e. The Morgan fingerprint density at radius 3 is 2.57 bits per heavy atom. The molecule has 0 amide bonds. The van der Waals surface area contributed by atoms with E-state index in [1.165, 1.54) is 31.7 Å². The predicted molar refractivity (Wildman–Crippen MR) is 82.4 cm³/mol. The summed E-state index contributed by atoms with van der Waals surface area (Å²) in [6.07, 6.45) is 7.38. The van der Waals surface area contributed by atoms with Crippen LogP contribution < -0.4 is 10.1 Å². The molecule has 0 heterocycles. The Labute approximate surface area is 129 Å². The van der Waals surface area contributed by atoms with Crippen molar-refractivity contribution in [2.45, 2.75) is 58.1 Å². The number of hydrogen-bond acceptors (Lipinski definition) is 2. The number of rotatable bonds is 6. The van der Waals surface area contributed by atoms with Crippen LogP contribution in [0.1, 0.15) is 45.4 Å². The Morgan fingerprint density at radius 1 is 1.29 bits per heavy atom. The molecule has 1 aromatic rings. The number of alkyl halides is 2. The van der Waals surface area contributed by atoms with Gasteiger partial charge in [-0.1, -0.05) is 31.4 Å². The molecule has 0 spiro atoms. The van der Waals surface area contributed by atoms with Crippen molar-refractivity contribution in [3.8, 4) is 5.75 Å². The van der Waals surface area contributed by atoms with Gasteiger partial charge in [0, 0.05) is 11.7 Å². The maximum atomic E-state index is 12.2. The summed E-state index contributed by atoms with van der Waals surface area (Å²) in [6.45, 7) is -0.620. The van der Waals surface area contributed by atoms with Gasteiger partial charge in [-0.25, -0.2) is 0 Å². The van der Waals surface area contributed by atoms with Crippen molar-refractivity contribution in [3.05, 3.63) is 23.2 Å². The van der Waals surface area contributed by atoms with Gasteiger partial charge in [0.05, 0.1) is 5.02 Å². The molecule has 0 aliphatic heterocycles. The third-order valence-electron chi connectivity index (χ3n) is 4.06. The van der Waals surface area contributed by atoms with Crippen LogP contribution in [-0.4, -0.2) is 12.7 Å². The van der Waals surface area contributed by atoms with Gasteiger partial charge in [-0.2, -0.15) is 8.78 Å². The minimum atomic E-state index is -2.85. The highest BCUT2D eigenvalue weighted by atomic mass is 35.5. The zero-order valence-electron chi connectivity index (χ0n) is 12.2. The van der Waals surface area contributed by atoms with Crippen LogP contribution in [0.3, 0.4) is 0 Å². The van der Waals surface area contributed by atoms with Crippen LogP contribution in [0, 0.1) is 5.92 Å². The molecule has 2 nitrogen and oxygen atoms in total. The van der Waals surface area contributed by atoms with E-state index in [0.29, 0.717) is 6.04 Å². The third-order valence-corrected chi connectivity index (χ3v) is 4.36. The summed E-state index contributed by atoms with van der Waals surface area (Å²) in [7, 11) is 0. The first-order valence-electron chi connectivity index (χ1n) is 7.59. The number of anilines is 1. The first-order valence-corrected chi connectivity index (χ1v) is 7.97. The standard InChI is InChI=1S/C16H22ClF2NO/c1-2-3-11-4-6-12(7-5-11)20-13-8-9-15(14(17)10-13)21-16(18)19/h8-12,16,20H,2-7H2,1H3. The minimum Gasteiger partial charge on any atom is -0.433 e. The van der Waals surface area contributed by atoms with Gasteiger partial charge in [0.1, 0.15) is 5.75 Å². The second-order valence-corrected chi connectivity index (χ2v) is 6.08. The molecule has 21 heavy (non-hydrogen) atoms. The van der Waals surface area contributed by atoms with Crippen LogP contribution in [0.5, 0.6) is 5.75 Å². The monoisotopic (exact) mass is 317 g/mol. The fraction of sp³-hybridized carbons (Fsp3) is 0.625. The largest absolute Gasteiger partial charge is 0.433 e. The number of ether oxygens (including phenoxy) is 1. The Hall–Kier alpha value is -1.03. The summed E-state index contributed by atoms with van der Waals surface area (Å²) in [5.74, 6) is 0.877. The van der Waals surface area contributed by atoms with Gasteiger partial charge in [0.15, 0.2) is 0 Å². The minimum absolute atomic E-state index is 0.0175. The predicted octanol–water partition coefficient (Wildman–Crippen LogP) is 5.71. The van der Waals surface area contributed by atoms with Crippen molar-refractivity contribution in [2.75, 3.05) is 5.32 Å². The van der Waals surface area contributed by atoms with Crippen LogP contribution in [0.2, 0.25) is 5.02 Å². The van der Waals surface area contributed by atoms with E-state index < -0.39 is 6.61 Å². The molecule has 1 aliphatic rings. The molecule has 0 saturated heterocycles. The van der Waals surface area contributed by atoms with Gasteiger partial charge in [0.2, 0.25) is 0 Å². The zero-order chi connectivity index (χ0) is 15.2. The van der Waals surface area contributed by atoms with Gasteiger partial charge in [-0.3, -0.25) is 0 Å². The van der Waals surface area contributed by atoms with Crippen LogP contribution in [0.15, 0.2) is 18.2 Å². The molecule has 2 rings (SSSR count). The second-order valence-electron chi connectivity index (χ2n) is 5.67. The Balaban J connectivity index is 1.88. The Kier molecular flexibility index (Phi) is 6.09. The average Bonchev–Trinajstić information content (AvgIpc) is 2.44. The van der Waals surface area contributed by atoms with Crippen molar-refractivity contribution in [3.63, 3.8) is 0 Å². The summed E-state index contributed by atoms with van der Waals surface area (Å²) >= 11 is 5.96. The SMILES string of the molecule is CCCC1CCC(Nc2ccc(OC(F)F)c(Cl)c2)CC1. The van der Waals surface area contributed by atoms with E-state index in [9.17, 15) is 8.78 Å². The van der Waals surface area contributed by atoms with Gasteiger partial charge in [-0.15, -0.1) is 0 Å². The maximum absolute atomic E-state index is 12.2. The zero-order valence-corrected chi connectivity index (χ0v) is 13.0. The van der Waals surface area contributed by atoms with E-state index in [0.717, 1.165) is 24.4 Å². The van der Waals surface area contributed by atoms with Crippen LogP contribution in [0.4, 0.5) is 14.5 Å². The molecule has 0 aromatic heterocycles. The molecule has 1 fully saturated rings. The summed E-state index contributed by atoms with van der Waals surface area (Å²) in [5, 5.41) is 3.65. The number of nitrogens with one attached hydrogen (secondary N) is 1. The number of halogens is 3. The van der Waals surface area contributed by atoms with E-state index in [1.54, 1.807) is 12.1 Å². The van der Waals surface area contributed by atoms with E-state index in [2.05, 4.69) is 17.0 Å². The molecular formula is C16H22ClF2NO. The lowest BCUT2D eigenvalue weighted by Gasteiger charge is -2.29. The lowest BCUT2D eigenvalue weighted by Crippen LogP contribution is -2.26. The Bertz CT molecular complexity index is 448. The van der Waals surface area contributed by atoms with Crippen LogP contribution >= 0.6 is 11.6 Å². The van der Waals surface area contributed by atoms with E-state index in [1.807, 2.05) is 0 Å². The molecule has 0 bridgehead atoms. The molecule has 1 N–H and O–H groups in total. The van der Waals surface area contributed by atoms with Gasteiger partial charge in [-0.05, 0) is 49.8 Å². The first-order chi connectivity index (χ1) is 10.1. The normalized spacial score (nSPS) is 22.3. The van der Waals surface area contributed by atoms with Gasteiger partial charge >= 0.3 is 6.61 Å². The Morgan fingerprint density at radius 2 is 2.00 bits per heavy atom. The summed E-state index contributed by atoms with van der Waals surface area (Å²) in [5.41, 5.74) is 0.862. The number of benzene rings is 1. The third kappa shape index (κ3) is 5.03. The molecule has 0 unspecified atom stereocenters. The van der Waals surface area contributed by atoms with Crippen LogP contribution in [-0.2, 0) is 0 Å². The fourth-order valence-electron chi connectivity index (χ4n) is 3.02. The highest BCUT2D eigenvalue weighted by molar-refractivity contribution is 6.32. The van der Waals surface area contributed by atoms with Crippen molar-refractivity contribution >= 4 is 17.3 Å². The maximum Gasteiger partial charge on any atom is 0.387 e. The topological polar surface area (TPSA) is 21.3 Å². The van der Waals surface area contributed by atoms with Crippen molar-refractivity contribution in [2.24, 2.45) is 5.92 Å². The quantitative estimate of drug-likeness (QED) is 0.725. The van der Waals surface area contributed by atoms with Gasteiger partial charge in [0.25, 0.3) is 0 Å². The molecule has 1 aliphatic carbocycles. The van der Waals surface area contributed by atoms with Crippen LogP contribution in [0.25, 0.3) is 0 Å². The average molecular weight is 318 g/mol. The summed E-state index contributed by atoms with van der Waals surface area (Å²) < 4.78 is 28.7. The molecule has 5 heteroatoms. The fourth-order valence-corrected chi connectivity index (χ4v) is 3.25. The van der Waals surface area contributed by atoms with E-state index in [-0.39, 0.29) is 10.8 Å². The summed E-state index contributed by atoms with van der Waals surface area (Å²) in [4.78, 5) is 0. The van der Waals surface area contributed by atoms with Crippen molar-refractivity contribution in [1.29, 1.82) is 0 Å². The second kappa shape index (κ2) is 7.83. The van der Waals surface area contributed by atoms with E-state index in [4.69, 9.17) is 11.6 Å². The van der Waals surface area contributed by atoms with Crippen molar-refractivity contribution < 1.29 is 13.5 Å². The highest BCUT2D eigenvalue weighted by Crippen LogP contribution is 2.32. The molecule has 1 aromatic carbocycles. The van der Waals surface area contributed by atoms with Crippen molar-refractivity contribution in [1.82, 2.24) is 0 Å². The van der Waals surface area contributed by atoms with Gasteiger partial charge < -0.3 is 10.1 Å². The molecule has 1 saturated carbocycles. The van der Waals surface area contributed by atoms with E-state index >= 15 is 0 Å². The molecule has 118 valence electrons. The lowest BCUT2D eigenvalue weighted by molar-refractivity contribution is -0.0497.